The smallest absolute Gasteiger partial charge is 0.466 e. The number of unbranched alkanes of at least 4 members (excludes halogenated alkanes) is 3. The van der Waals surface area contributed by atoms with Crippen molar-refractivity contribution in [3.63, 3.8) is 0 Å². The van der Waals surface area contributed by atoms with Gasteiger partial charge in [0.25, 0.3) is 0 Å². The first-order valence-electron chi connectivity index (χ1n) is 48.0. The van der Waals surface area contributed by atoms with Crippen molar-refractivity contribution in [2.45, 2.75) is 339 Å². The van der Waals surface area contributed by atoms with Crippen LogP contribution in [0.1, 0.15) is 269 Å². The highest BCUT2D eigenvalue weighted by Gasteiger charge is 2.48. The molecule has 0 aliphatic heterocycles. The first kappa shape index (κ1) is 117. The molecule has 0 radical (unpaired) electrons. The fraction of sp³-hybridized carbons (Fsp3) is 0.823. The number of carbonyl (C=O) groups is 13. The molecule has 4 aliphatic carbocycles. The number of carbonyl (C=O) groups excluding carboxylic acids is 13. The first-order valence-corrected chi connectivity index (χ1v) is 57.4. The average Bonchev–Trinajstić information content (AvgIpc) is 0.808. The van der Waals surface area contributed by atoms with E-state index in [0.29, 0.717) is 109 Å². The van der Waals surface area contributed by atoms with E-state index in [9.17, 15) is 62.3 Å². The van der Waals surface area contributed by atoms with Crippen molar-refractivity contribution in [1.29, 1.82) is 0 Å². The van der Waals surface area contributed by atoms with Crippen LogP contribution in [0.15, 0.2) is 25.3 Å². The molecule has 9 atom stereocenters. The second-order valence-electron chi connectivity index (χ2n) is 43.7. The maximum atomic E-state index is 14.0. The molecule has 4 fully saturated rings. The van der Waals surface area contributed by atoms with Gasteiger partial charge in [-0.1, -0.05) is 96.2 Å². The molecule has 34 nitrogen and oxygen atoms in total. The van der Waals surface area contributed by atoms with E-state index in [4.69, 9.17) is 79.3 Å². The van der Waals surface area contributed by atoms with Crippen LogP contribution in [-0.2, 0) is 118 Å². The Morgan fingerprint density at radius 2 is 0.684 bits per heavy atom. The Bertz CT molecular complexity index is 3700. The zero-order chi connectivity index (χ0) is 99.4. The van der Waals surface area contributed by atoms with Gasteiger partial charge in [0.1, 0.15) is 33.0 Å². The van der Waals surface area contributed by atoms with Gasteiger partial charge in [-0.25, -0.2) is 33.6 Å². The summed E-state index contributed by atoms with van der Waals surface area (Å²) in [5.74, 6) is -3.71. The highest BCUT2D eigenvalue weighted by molar-refractivity contribution is 6.87. The molecule has 133 heavy (non-hydrogen) atoms. The first-order chi connectivity index (χ1) is 62.0. The standard InChI is InChI=1S/C96H166N4O30Si3/c1-22-76(101)120-48-50-123-84(109)97-69-96(14)58-72(56-90(5,6)68-96)54-83(108)128-75(63-114-39-32-52-133(21,129-131(15,16)17)130-132(18,19)20)64-127-85(110)98-70-95(13)57-71(55-89(3,4)67-95)53-82(107)119-45-31-47-126-88(113)125-46-30-44-118-81(106)36-38-94(12)61-73(59-91(7,8)65-94)99-86(111)122-43-29-28-41-116-79(104)34-25-24-33-78(103)115-40-26-27-42-117-80(105)35-37-93(11)62-74(60-92(9,10)66-93)100-87(112)124-51-49-121-77(102)23-2/h22-23,71-75H,1-2,24-70H2,3-21H3,(H,97,109)(H,98,110)(H,99,111)(H,100,112). The summed E-state index contributed by atoms with van der Waals surface area (Å²) in [5.41, 5.74) is -1.93. The molecule has 4 rings (SSSR count). The zero-order valence-electron chi connectivity index (χ0n) is 83.9. The van der Waals surface area contributed by atoms with Crippen molar-refractivity contribution in [3.05, 3.63) is 25.3 Å². The van der Waals surface area contributed by atoms with Crippen LogP contribution in [0, 0.1) is 55.2 Å². The van der Waals surface area contributed by atoms with Gasteiger partial charge in [-0.3, -0.25) is 28.8 Å². The third-order valence-corrected chi connectivity index (χ3v) is 33.4. The van der Waals surface area contributed by atoms with E-state index >= 15 is 0 Å². The molecule has 4 N–H and O–H groups in total. The number of hydrogen-bond donors (Lipinski definition) is 4. The van der Waals surface area contributed by atoms with Gasteiger partial charge >= 0.3 is 86.8 Å². The fourth-order valence-electron chi connectivity index (χ4n) is 20.7. The van der Waals surface area contributed by atoms with Gasteiger partial charge in [-0.15, -0.1) is 0 Å². The Kier molecular flexibility index (Phi) is 50.1. The molecular weight excluding hydrogens is 1770 g/mol. The summed E-state index contributed by atoms with van der Waals surface area (Å²) >= 11 is 0. The van der Waals surface area contributed by atoms with Crippen LogP contribution in [0.5, 0.6) is 0 Å². The number of amides is 4. The van der Waals surface area contributed by atoms with Crippen LogP contribution in [0.2, 0.25) is 51.9 Å². The summed E-state index contributed by atoms with van der Waals surface area (Å²) in [6, 6.07) is 0.355. The van der Waals surface area contributed by atoms with Crippen LogP contribution < -0.4 is 21.3 Å². The molecule has 4 saturated carbocycles. The Labute approximate surface area is 794 Å². The van der Waals surface area contributed by atoms with Crippen molar-refractivity contribution in [2.24, 2.45) is 55.2 Å². The molecule has 0 heterocycles. The third-order valence-electron chi connectivity index (χ3n) is 23.8. The van der Waals surface area contributed by atoms with Gasteiger partial charge in [-0.05, 0) is 242 Å². The van der Waals surface area contributed by atoms with Crippen LogP contribution in [0.4, 0.5) is 24.0 Å². The number of ether oxygens (including phenoxy) is 15. The van der Waals surface area contributed by atoms with Crippen molar-refractivity contribution >= 4 is 103 Å². The second-order valence-corrected chi connectivity index (χ2v) is 56.6. The third kappa shape index (κ3) is 54.0. The minimum absolute atomic E-state index is 0.0109. The lowest BCUT2D eigenvalue weighted by molar-refractivity contribution is -0.157. The maximum absolute atomic E-state index is 14.0. The van der Waals surface area contributed by atoms with Crippen LogP contribution in [0.25, 0.3) is 0 Å². The molecule has 37 heteroatoms. The predicted octanol–water partition coefficient (Wildman–Crippen LogP) is 17.4. The van der Waals surface area contributed by atoms with Gasteiger partial charge in [0.2, 0.25) is 0 Å². The van der Waals surface area contributed by atoms with E-state index in [1.807, 2.05) is 0 Å². The molecule has 4 amide bonds. The molecule has 0 aromatic carbocycles. The molecular formula is C96H166N4O30Si3. The minimum atomic E-state index is -2.56. The SMILES string of the molecule is C=CC(=O)OCCOC(=O)NCC1(C)CC(CC(=O)OC(COCCC[Si](C)(O[Si](C)(C)C)O[Si](C)(C)C)COC(=O)NCC2(C)CC(CC(=O)OCCCOC(=O)OCCCOC(=O)CCC3(C)CC(NC(=O)OCCCCOC(=O)CCCCC(=O)OCCCCOC(=O)CCC4(C)CC(NC(=O)OCCOC(=O)C=C)CC(C)(C)C4)CC(C)(C)C3)CC(C)(C)C2)CC(C)(C)C1. The Morgan fingerprint density at radius 3 is 1.11 bits per heavy atom. The largest absolute Gasteiger partial charge is 0.508 e. The van der Waals surface area contributed by atoms with Gasteiger partial charge in [0, 0.05) is 95.3 Å². The number of rotatable bonds is 60. The Balaban J connectivity index is 1.06. The van der Waals surface area contributed by atoms with Crippen molar-refractivity contribution in [3.8, 4) is 0 Å². The second kappa shape index (κ2) is 56.7. The highest BCUT2D eigenvalue weighted by Crippen LogP contribution is 2.53. The summed E-state index contributed by atoms with van der Waals surface area (Å²) in [5, 5.41) is 11.7. The fourth-order valence-corrected chi connectivity index (χ4v) is 33.2. The molecule has 0 spiro atoms. The lowest BCUT2D eigenvalue weighted by Crippen LogP contribution is -2.52. The lowest BCUT2D eigenvalue weighted by Gasteiger charge is -2.46. The van der Waals surface area contributed by atoms with Gasteiger partial charge in [-0.2, -0.15) is 0 Å². The van der Waals surface area contributed by atoms with E-state index in [1.54, 1.807) is 0 Å². The quantitative estimate of drug-likeness (QED) is 0.0144. The van der Waals surface area contributed by atoms with E-state index in [2.05, 4.69) is 163 Å². The van der Waals surface area contributed by atoms with Gasteiger partial charge in [0.15, 0.2) is 22.7 Å². The van der Waals surface area contributed by atoms with Crippen LogP contribution in [0.3, 0.4) is 0 Å². The zero-order valence-corrected chi connectivity index (χ0v) is 86.9. The summed E-state index contributed by atoms with van der Waals surface area (Å²) in [7, 11) is -6.45. The van der Waals surface area contributed by atoms with Crippen LogP contribution in [-0.4, -0.2) is 234 Å². The lowest BCUT2D eigenvalue weighted by atomic mass is 9.60. The summed E-state index contributed by atoms with van der Waals surface area (Å²) in [6.07, 6.45) is 12.4. The predicted molar refractivity (Wildman–Crippen MR) is 504 cm³/mol. The molecule has 0 aromatic heterocycles. The number of alkyl carbamates (subject to hydrolysis) is 4. The molecule has 0 bridgehead atoms. The number of nitrogens with one attached hydrogen (secondary N) is 4. The topological polar surface area (TPSA) is 427 Å². The van der Waals surface area contributed by atoms with Crippen LogP contribution >= 0.6 is 0 Å². The molecule has 0 saturated heterocycles. The van der Waals surface area contributed by atoms with E-state index in [1.165, 1.54) is 0 Å². The van der Waals surface area contributed by atoms with Crippen molar-refractivity contribution < 1.29 is 142 Å². The van der Waals surface area contributed by atoms with E-state index in [-0.39, 0.29) is 224 Å². The normalized spacial score (nSPS) is 22.6. The maximum Gasteiger partial charge on any atom is 0.508 e. The average molecular weight is 1940 g/mol. The molecule has 0 aromatic rings. The Hall–Kier alpha value is -7.88. The molecule has 4 aliphatic rings. The minimum Gasteiger partial charge on any atom is -0.466 e. The molecule has 9 unspecified atom stereocenters. The summed E-state index contributed by atoms with van der Waals surface area (Å²) < 4.78 is 94.7. The number of esters is 8. The summed E-state index contributed by atoms with van der Waals surface area (Å²) in [6.45, 7) is 47.9. The molecule has 762 valence electrons. The Morgan fingerprint density at radius 1 is 0.338 bits per heavy atom. The monoisotopic (exact) mass is 1940 g/mol. The van der Waals surface area contributed by atoms with Crippen molar-refractivity contribution in [2.75, 3.05) is 112 Å². The van der Waals surface area contributed by atoms with E-state index in [0.717, 1.165) is 57.1 Å². The van der Waals surface area contributed by atoms with Gasteiger partial charge in [0.05, 0.1) is 59.5 Å². The van der Waals surface area contributed by atoms with Gasteiger partial charge < -0.3 is 101 Å². The highest BCUT2D eigenvalue weighted by atomic mass is 28.5. The van der Waals surface area contributed by atoms with E-state index < -0.39 is 103 Å². The number of hydrogen-bond acceptors (Lipinski definition) is 30. The van der Waals surface area contributed by atoms with Crippen molar-refractivity contribution in [1.82, 2.24) is 21.3 Å². The summed E-state index contributed by atoms with van der Waals surface area (Å²) in [4.78, 5) is 164.